The van der Waals surface area contributed by atoms with Gasteiger partial charge in [-0.2, -0.15) is 0 Å². The summed E-state index contributed by atoms with van der Waals surface area (Å²) in [6.07, 6.45) is -0.431. The highest BCUT2D eigenvalue weighted by molar-refractivity contribution is 7.13. The third-order valence-electron chi connectivity index (χ3n) is 9.82. The lowest BCUT2D eigenvalue weighted by atomic mass is 9.79. The second-order valence-electron chi connectivity index (χ2n) is 14.1. The Balaban J connectivity index is 1.05. The van der Waals surface area contributed by atoms with E-state index in [0.29, 0.717) is 12.2 Å². The van der Waals surface area contributed by atoms with Crippen molar-refractivity contribution in [2.45, 2.75) is 96.7 Å². The van der Waals surface area contributed by atoms with Crippen LogP contribution in [0.2, 0.25) is 0 Å². The number of carbonyl (C=O) groups is 3. The number of aliphatic hydroxyl groups excluding tert-OH is 1. The van der Waals surface area contributed by atoms with Gasteiger partial charge >= 0.3 is 7.12 Å². The molecule has 12 nitrogen and oxygen atoms in total. The van der Waals surface area contributed by atoms with Gasteiger partial charge in [0, 0.05) is 13.0 Å². The van der Waals surface area contributed by atoms with E-state index in [0.717, 1.165) is 27.2 Å². The largest absolute Gasteiger partial charge is 0.494 e. The minimum absolute atomic E-state index is 0.00601. The van der Waals surface area contributed by atoms with Gasteiger partial charge in [0.25, 0.3) is 0 Å². The Bertz CT molecular complexity index is 1650. The van der Waals surface area contributed by atoms with Crippen LogP contribution in [0.15, 0.2) is 54.0 Å². The third-order valence-corrected chi connectivity index (χ3v) is 10.8. The van der Waals surface area contributed by atoms with Gasteiger partial charge in [0.1, 0.15) is 31.0 Å². The quantitative estimate of drug-likeness (QED) is 0.168. The molecule has 1 aromatic heterocycles. The Kier molecular flexibility index (Phi) is 12.2. The highest BCUT2D eigenvalue weighted by atomic mass is 32.1. The zero-order valence-corrected chi connectivity index (χ0v) is 31.2. The Hall–Kier alpha value is -3.82. The van der Waals surface area contributed by atoms with Crippen molar-refractivity contribution in [1.82, 2.24) is 20.5 Å². The van der Waals surface area contributed by atoms with E-state index in [4.69, 9.17) is 18.8 Å². The molecule has 274 valence electrons. The topological polar surface area (TPSA) is 149 Å². The van der Waals surface area contributed by atoms with Crippen LogP contribution in [0.5, 0.6) is 5.75 Å². The van der Waals surface area contributed by atoms with E-state index in [2.05, 4.69) is 15.6 Å². The van der Waals surface area contributed by atoms with Gasteiger partial charge in [-0.25, -0.2) is 4.98 Å². The van der Waals surface area contributed by atoms with E-state index in [-0.39, 0.29) is 44.7 Å². The summed E-state index contributed by atoms with van der Waals surface area (Å²) in [5.74, 6) is -0.609. The van der Waals surface area contributed by atoms with Crippen LogP contribution in [0.1, 0.15) is 71.7 Å². The first kappa shape index (κ1) is 38.4. The maximum atomic E-state index is 13.5. The molecule has 4 atom stereocenters. The number of amides is 3. The highest BCUT2D eigenvalue weighted by Gasteiger charge is 2.51. The number of benzene rings is 2. The number of aromatic nitrogens is 1. The van der Waals surface area contributed by atoms with Gasteiger partial charge < -0.3 is 39.4 Å². The van der Waals surface area contributed by atoms with Crippen LogP contribution in [0, 0.1) is 6.92 Å². The number of nitrogens with one attached hydrogen (secondary N) is 2. The Morgan fingerprint density at radius 2 is 1.71 bits per heavy atom. The lowest BCUT2D eigenvalue weighted by molar-refractivity contribution is -0.142. The zero-order chi connectivity index (χ0) is 36.9. The minimum Gasteiger partial charge on any atom is -0.491 e. The number of aryl methyl sites for hydroxylation is 1. The van der Waals surface area contributed by atoms with Gasteiger partial charge in [0.2, 0.25) is 17.7 Å². The van der Waals surface area contributed by atoms with Gasteiger partial charge in [0.05, 0.1) is 46.0 Å². The molecule has 2 aliphatic heterocycles. The smallest absolute Gasteiger partial charge is 0.491 e. The van der Waals surface area contributed by atoms with Crippen LogP contribution in [0.3, 0.4) is 0 Å². The van der Waals surface area contributed by atoms with E-state index in [9.17, 15) is 19.5 Å². The van der Waals surface area contributed by atoms with Crippen LogP contribution < -0.4 is 20.8 Å². The molecule has 2 saturated heterocycles. The van der Waals surface area contributed by atoms with Gasteiger partial charge in [-0.3, -0.25) is 14.4 Å². The summed E-state index contributed by atoms with van der Waals surface area (Å²) in [4.78, 5) is 46.4. The van der Waals surface area contributed by atoms with Crippen molar-refractivity contribution in [3.05, 3.63) is 65.3 Å². The SMILES string of the molecule is CCC(NC(=O)COCCOc1ccc(B2OC(C)(C)C(C)(C)O2)cc1)C(=O)N1CC(O)CC1C(=O)N[C@@H](C)c1ccc(-c2scnc2C)cc1. The van der Waals surface area contributed by atoms with Gasteiger partial charge in [-0.05, 0) is 76.7 Å². The average molecular weight is 721 g/mol. The molecule has 3 amide bonds. The summed E-state index contributed by atoms with van der Waals surface area (Å²) in [5.41, 5.74) is 4.79. The Morgan fingerprint density at radius 1 is 1.04 bits per heavy atom. The standard InChI is InChI=1S/C37H49BN4O8S/c1-8-30(41-32(44)21-47-17-18-48-29-15-13-27(14-16-29)38-49-36(4,5)37(6,7)50-38)35(46)42-20-28(43)19-31(42)34(45)40-23(2)25-9-11-26(12-10-25)33-24(3)39-22-51-33/h9-16,22-23,28,30-31,43H,8,17-21H2,1-7H3,(H,40,45)(H,41,44)/t23-,28?,30?,31?/m0/s1. The van der Waals surface area contributed by atoms with E-state index >= 15 is 0 Å². The number of ether oxygens (including phenoxy) is 2. The summed E-state index contributed by atoms with van der Waals surface area (Å²) in [5, 5.41) is 16.2. The highest BCUT2D eigenvalue weighted by Crippen LogP contribution is 2.36. The van der Waals surface area contributed by atoms with Gasteiger partial charge in [-0.15, -0.1) is 11.3 Å². The summed E-state index contributed by atoms with van der Waals surface area (Å²) < 4.78 is 23.5. The zero-order valence-electron chi connectivity index (χ0n) is 30.4. The summed E-state index contributed by atoms with van der Waals surface area (Å²) in [6.45, 7) is 13.8. The Labute approximate surface area is 304 Å². The minimum atomic E-state index is -0.874. The maximum Gasteiger partial charge on any atom is 0.494 e. The monoisotopic (exact) mass is 720 g/mol. The molecule has 0 spiro atoms. The molecule has 0 radical (unpaired) electrons. The summed E-state index contributed by atoms with van der Waals surface area (Å²) in [7, 11) is -0.458. The predicted molar refractivity (Wildman–Crippen MR) is 196 cm³/mol. The van der Waals surface area contributed by atoms with Crippen molar-refractivity contribution >= 4 is 41.6 Å². The number of hydrogen-bond donors (Lipinski definition) is 3. The lowest BCUT2D eigenvalue weighted by Gasteiger charge is -2.32. The average Bonchev–Trinajstić information content (AvgIpc) is 3.77. The Morgan fingerprint density at radius 3 is 2.31 bits per heavy atom. The second kappa shape index (κ2) is 16.2. The van der Waals surface area contributed by atoms with Crippen LogP contribution in [-0.4, -0.2) is 95.6 Å². The molecular formula is C37H49BN4O8S. The molecule has 0 saturated carbocycles. The van der Waals surface area contributed by atoms with Crippen molar-refractivity contribution in [2.75, 3.05) is 26.4 Å². The number of β-amino-alcohol motifs (C(OH)–C–C–N with tert-alkyl or cyclic N) is 1. The fraction of sp³-hybridized carbons (Fsp3) is 0.514. The van der Waals surface area contributed by atoms with E-state index < -0.39 is 48.3 Å². The first-order chi connectivity index (χ1) is 24.2. The number of carbonyl (C=O) groups excluding carboxylic acids is 3. The summed E-state index contributed by atoms with van der Waals surface area (Å²) in [6, 6.07) is 13.3. The molecule has 5 rings (SSSR count). The fourth-order valence-corrected chi connectivity index (χ4v) is 6.87. The van der Waals surface area contributed by atoms with Crippen LogP contribution in [0.4, 0.5) is 0 Å². The molecule has 0 bridgehead atoms. The molecule has 14 heteroatoms. The van der Waals surface area contributed by atoms with Crippen molar-refractivity contribution in [3.63, 3.8) is 0 Å². The molecule has 3 aromatic rings. The molecule has 2 fully saturated rings. The number of thiazole rings is 1. The lowest BCUT2D eigenvalue weighted by Crippen LogP contribution is -2.54. The van der Waals surface area contributed by atoms with Crippen molar-refractivity contribution in [1.29, 1.82) is 0 Å². The molecule has 3 N–H and O–H groups in total. The predicted octanol–water partition coefficient (Wildman–Crippen LogP) is 3.55. The number of hydrogen-bond acceptors (Lipinski definition) is 10. The first-order valence-corrected chi connectivity index (χ1v) is 18.3. The molecule has 2 aliphatic rings. The molecular weight excluding hydrogens is 671 g/mol. The fourth-order valence-electron chi connectivity index (χ4n) is 6.06. The van der Waals surface area contributed by atoms with E-state index in [1.807, 2.05) is 95.6 Å². The normalized spacial score (nSPS) is 20.5. The molecule has 3 unspecified atom stereocenters. The van der Waals surface area contributed by atoms with Gasteiger partial charge in [0.15, 0.2) is 0 Å². The van der Waals surface area contributed by atoms with Crippen molar-refractivity contribution in [2.24, 2.45) is 0 Å². The van der Waals surface area contributed by atoms with Crippen molar-refractivity contribution < 1.29 is 38.3 Å². The van der Waals surface area contributed by atoms with Crippen LogP contribution in [-0.2, 0) is 28.4 Å². The van der Waals surface area contributed by atoms with Crippen LogP contribution >= 0.6 is 11.3 Å². The summed E-state index contributed by atoms with van der Waals surface area (Å²) >= 11 is 1.58. The van der Waals surface area contributed by atoms with Crippen molar-refractivity contribution in [3.8, 4) is 16.2 Å². The number of aliphatic hydroxyl groups is 1. The van der Waals surface area contributed by atoms with E-state index in [1.165, 1.54) is 4.90 Å². The first-order valence-electron chi connectivity index (χ1n) is 17.4. The molecule has 3 heterocycles. The molecule has 51 heavy (non-hydrogen) atoms. The second-order valence-corrected chi connectivity index (χ2v) is 15.0. The van der Waals surface area contributed by atoms with E-state index in [1.54, 1.807) is 18.3 Å². The van der Waals surface area contributed by atoms with Crippen LogP contribution in [0.25, 0.3) is 10.4 Å². The number of likely N-dealkylation sites (tertiary alicyclic amines) is 1. The third kappa shape index (κ3) is 9.17. The molecule has 0 aliphatic carbocycles. The molecule has 2 aromatic carbocycles. The number of nitrogens with zero attached hydrogens (tertiary/aromatic N) is 2. The maximum absolute atomic E-state index is 13.5. The van der Waals surface area contributed by atoms with Gasteiger partial charge in [-0.1, -0.05) is 43.3 Å². The number of rotatable bonds is 14.